The maximum Gasteiger partial charge on any atom is 0.262 e. The summed E-state index contributed by atoms with van der Waals surface area (Å²) in [6.45, 7) is 10.5. The number of benzene rings is 2. The average molecular weight is 469 g/mol. The molecule has 0 saturated heterocycles. The second-order valence-corrected chi connectivity index (χ2v) is 10.2. The molecular formula is C25H26Cl2N4O. The largest absolute Gasteiger partial charge is 0.310 e. The minimum atomic E-state index is -0.213. The van der Waals surface area contributed by atoms with E-state index in [4.69, 9.17) is 33.3 Å². The Kier molecular flexibility index (Phi) is 5.91. The summed E-state index contributed by atoms with van der Waals surface area (Å²) in [6.07, 6.45) is 0.494. The number of fused-ring (bicyclic) bond motifs is 1. The molecule has 2 aromatic heterocycles. The molecule has 0 saturated carbocycles. The molecule has 0 fully saturated rings. The normalized spacial score (nSPS) is 12.1. The molecule has 4 rings (SSSR count). The standard InChI is InChI=1S/C25H26Cl2N4O/c1-14(2)21-20-23(31(30-21)22-17(26)7-6-8-18(22)27)28-19(29-24(20)32)13-15-9-11-16(12-10-15)25(3,4)5/h6-12,14H,13H2,1-5H3,(H,28,29,32). The molecule has 1 N–H and O–H groups in total. The van der Waals surface area contributed by atoms with Crippen LogP contribution in [0, 0.1) is 0 Å². The fraction of sp³-hybridized carbons (Fsp3) is 0.320. The molecule has 32 heavy (non-hydrogen) atoms. The van der Waals surface area contributed by atoms with Crippen LogP contribution >= 0.6 is 23.2 Å². The van der Waals surface area contributed by atoms with Gasteiger partial charge >= 0.3 is 0 Å². The van der Waals surface area contributed by atoms with Crippen LogP contribution in [0.4, 0.5) is 0 Å². The number of aromatic amines is 1. The Morgan fingerprint density at radius 1 is 1.03 bits per heavy atom. The van der Waals surface area contributed by atoms with Gasteiger partial charge in [0.15, 0.2) is 5.65 Å². The van der Waals surface area contributed by atoms with Crippen molar-refractivity contribution in [3.8, 4) is 5.69 Å². The van der Waals surface area contributed by atoms with E-state index >= 15 is 0 Å². The van der Waals surface area contributed by atoms with E-state index in [1.165, 1.54) is 5.56 Å². The Labute approximate surface area is 197 Å². The highest BCUT2D eigenvalue weighted by molar-refractivity contribution is 6.37. The Morgan fingerprint density at radius 3 is 2.22 bits per heavy atom. The van der Waals surface area contributed by atoms with Crippen molar-refractivity contribution in [2.45, 2.75) is 52.4 Å². The van der Waals surface area contributed by atoms with Gasteiger partial charge in [0, 0.05) is 6.42 Å². The van der Waals surface area contributed by atoms with Crippen molar-refractivity contribution >= 4 is 34.2 Å². The molecule has 5 nitrogen and oxygen atoms in total. The van der Waals surface area contributed by atoms with Crippen LogP contribution in [0.15, 0.2) is 47.3 Å². The van der Waals surface area contributed by atoms with E-state index in [9.17, 15) is 4.79 Å². The highest BCUT2D eigenvalue weighted by Gasteiger charge is 2.22. The lowest BCUT2D eigenvalue weighted by Crippen LogP contribution is -2.14. The van der Waals surface area contributed by atoms with Gasteiger partial charge in [0.05, 0.1) is 15.7 Å². The smallest absolute Gasteiger partial charge is 0.262 e. The van der Waals surface area contributed by atoms with Crippen LogP contribution in [-0.4, -0.2) is 19.7 Å². The second kappa shape index (κ2) is 8.38. The molecule has 0 amide bonds. The van der Waals surface area contributed by atoms with Gasteiger partial charge < -0.3 is 4.98 Å². The Hall–Kier alpha value is -2.63. The van der Waals surface area contributed by atoms with Crippen LogP contribution in [0.2, 0.25) is 10.0 Å². The first kappa shape index (κ1) is 22.6. The van der Waals surface area contributed by atoms with Crippen LogP contribution in [0.5, 0.6) is 0 Å². The minimum Gasteiger partial charge on any atom is -0.310 e. The van der Waals surface area contributed by atoms with Crippen molar-refractivity contribution in [2.75, 3.05) is 0 Å². The molecular weight excluding hydrogens is 443 g/mol. The molecule has 0 spiro atoms. The summed E-state index contributed by atoms with van der Waals surface area (Å²) in [6, 6.07) is 13.7. The zero-order valence-corrected chi connectivity index (χ0v) is 20.3. The number of aromatic nitrogens is 4. The van der Waals surface area contributed by atoms with Crippen molar-refractivity contribution in [1.29, 1.82) is 0 Å². The average Bonchev–Trinajstić information content (AvgIpc) is 3.08. The van der Waals surface area contributed by atoms with Crippen molar-refractivity contribution in [3.63, 3.8) is 0 Å². The van der Waals surface area contributed by atoms with E-state index in [1.807, 2.05) is 13.8 Å². The Bertz CT molecular complexity index is 1330. The maximum atomic E-state index is 13.1. The number of nitrogens with one attached hydrogen (secondary N) is 1. The SMILES string of the molecule is CC(C)c1nn(-c2c(Cl)cccc2Cl)c2nc(Cc3ccc(C(C)(C)C)cc3)[nH]c(=O)c12. The van der Waals surface area contributed by atoms with Gasteiger partial charge in [-0.25, -0.2) is 9.67 Å². The number of nitrogens with zero attached hydrogens (tertiary/aromatic N) is 3. The predicted molar refractivity (Wildman–Crippen MR) is 132 cm³/mol. The van der Waals surface area contributed by atoms with Gasteiger partial charge in [0.1, 0.15) is 16.9 Å². The van der Waals surface area contributed by atoms with Crippen LogP contribution in [0.3, 0.4) is 0 Å². The number of para-hydroxylation sites is 1. The molecule has 4 aromatic rings. The molecule has 0 radical (unpaired) electrons. The molecule has 0 atom stereocenters. The first-order chi connectivity index (χ1) is 15.1. The Morgan fingerprint density at radius 2 is 1.66 bits per heavy atom. The number of hydrogen-bond donors (Lipinski definition) is 1. The highest BCUT2D eigenvalue weighted by atomic mass is 35.5. The summed E-state index contributed by atoms with van der Waals surface area (Å²) in [4.78, 5) is 20.8. The van der Waals surface area contributed by atoms with E-state index in [0.717, 1.165) is 5.56 Å². The van der Waals surface area contributed by atoms with Gasteiger partial charge in [-0.15, -0.1) is 0 Å². The first-order valence-corrected chi connectivity index (χ1v) is 11.4. The van der Waals surface area contributed by atoms with E-state index in [2.05, 4.69) is 50.0 Å². The monoisotopic (exact) mass is 468 g/mol. The van der Waals surface area contributed by atoms with E-state index in [1.54, 1.807) is 22.9 Å². The minimum absolute atomic E-state index is 0.0266. The fourth-order valence-electron chi connectivity index (χ4n) is 3.75. The number of rotatable bonds is 4. The third-order valence-electron chi connectivity index (χ3n) is 5.50. The zero-order valence-electron chi connectivity index (χ0n) is 18.8. The van der Waals surface area contributed by atoms with Gasteiger partial charge in [0.2, 0.25) is 0 Å². The second-order valence-electron chi connectivity index (χ2n) is 9.36. The molecule has 7 heteroatoms. The lowest BCUT2D eigenvalue weighted by Gasteiger charge is -2.19. The number of hydrogen-bond acceptors (Lipinski definition) is 3. The Balaban J connectivity index is 1.86. The van der Waals surface area contributed by atoms with Crippen molar-refractivity contribution in [3.05, 3.63) is 85.5 Å². The predicted octanol–water partition coefficient (Wildman–Crippen LogP) is 6.43. The maximum absolute atomic E-state index is 13.1. The summed E-state index contributed by atoms with van der Waals surface area (Å²) in [5.41, 5.74) is 3.82. The molecule has 0 aliphatic carbocycles. The van der Waals surface area contributed by atoms with E-state index in [0.29, 0.717) is 44.7 Å². The summed E-state index contributed by atoms with van der Waals surface area (Å²) in [5.74, 6) is 0.587. The summed E-state index contributed by atoms with van der Waals surface area (Å²) < 4.78 is 1.59. The van der Waals surface area contributed by atoms with Crippen LogP contribution in [0.25, 0.3) is 16.7 Å². The van der Waals surface area contributed by atoms with Gasteiger partial charge in [0.25, 0.3) is 5.56 Å². The summed E-state index contributed by atoms with van der Waals surface area (Å²) >= 11 is 12.9. The molecule has 2 heterocycles. The summed E-state index contributed by atoms with van der Waals surface area (Å²) in [7, 11) is 0. The molecule has 0 aliphatic rings. The molecule has 0 aliphatic heterocycles. The highest BCUT2D eigenvalue weighted by Crippen LogP contribution is 2.32. The molecule has 0 bridgehead atoms. The van der Waals surface area contributed by atoms with Crippen LogP contribution in [0.1, 0.15) is 63.2 Å². The zero-order chi connectivity index (χ0) is 23.2. The number of halogens is 2. The third-order valence-corrected chi connectivity index (χ3v) is 6.11. The van der Waals surface area contributed by atoms with Crippen LogP contribution in [-0.2, 0) is 11.8 Å². The molecule has 2 aromatic carbocycles. The third kappa shape index (κ3) is 4.19. The van der Waals surface area contributed by atoms with Gasteiger partial charge in [-0.3, -0.25) is 4.79 Å². The van der Waals surface area contributed by atoms with Gasteiger partial charge in [-0.2, -0.15) is 5.10 Å². The fourth-order valence-corrected chi connectivity index (χ4v) is 4.30. The first-order valence-electron chi connectivity index (χ1n) is 10.6. The summed E-state index contributed by atoms with van der Waals surface area (Å²) in [5, 5.41) is 6.04. The van der Waals surface area contributed by atoms with Crippen molar-refractivity contribution in [1.82, 2.24) is 19.7 Å². The van der Waals surface area contributed by atoms with E-state index in [-0.39, 0.29) is 16.9 Å². The van der Waals surface area contributed by atoms with Crippen LogP contribution < -0.4 is 5.56 Å². The van der Waals surface area contributed by atoms with Crippen molar-refractivity contribution in [2.24, 2.45) is 0 Å². The lowest BCUT2D eigenvalue weighted by atomic mass is 9.86. The van der Waals surface area contributed by atoms with E-state index < -0.39 is 0 Å². The topological polar surface area (TPSA) is 63.6 Å². The van der Waals surface area contributed by atoms with Gasteiger partial charge in [-0.05, 0) is 34.6 Å². The quantitative estimate of drug-likeness (QED) is 0.375. The molecule has 0 unspecified atom stereocenters. The molecule has 166 valence electrons. The van der Waals surface area contributed by atoms with Crippen molar-refractivity contribution < 1.29 is 0 Å². The lowest BCUT2D eigenvalue weighted by molar-refractivity contribution is 0.590. The van der Waals surface area contributed by atoms with Gasteiger partial charge in [-0.1, -0.05) is 88.2 Å². The number of H-pyrrole nitrogens is 1.